The lowest BCUT2D eigenvalue weighted by Gasteiger charge is -2.06. The van der Waals surface area contributed by atoms with Gasteiger partial charge in [0.1, 0.15) is 0 Å². The molecule has 0 aliphatic carbocycles. The van der Waals surface area contributed by atoms with Crippen molar-refractivity contribution in [1.29, 1.82) is 0 Å². The summed E-state index contributed by atoms with van der Waals surface area (Å²) in [5.41, 5.74) is 0. The molecule has 1 amide bonds. The fourth-order valence-corrected chi connectivity index (χ4v) is 1.11. The number of nitrogens with one attached hydrogen (secondary N) is 1. The number of hydrogen-bond acceptors (Lipinski definition) is 3. The topological polar surface area (TPSA) is 49.3 Å². The van der Waals surface area contributed by atoms with Crippen molar-refractivity contribution >= 4 is 17.7 Å². The van der Waals surface area contributed by atoms with Gasteiger partial charge in [0.15, 0.2) is 0 Å². The van der Waals surface area contributed by atoms with Crippen molar-refractivity contribution < 1.29 is 9.90 Å². The van der Waals surface area contributed by atoms with Gasteiger partial charge < -0.3 is 10.4 Å². The first-order chi connectivity index (χ1) is 5.70. The van der Waals surface area contributed by atoms with Crippen LogP contribution < -0.4 is 5.32 Å². The van der Waals surface area contributed by atoms with Crippen LogP contribution >= 0.6 is 11.8 Å². The number of thioether (sulfide) groups is 1. The third kappa shape index (κ3) is 6.08. The Hall–Kier alpha value is -0.660. The SMILES string of the molecule is C#CCNC(=O)CSC(C)CO. The molecule has 2 N–H and O–H groups in total. The number of amides is 1. The Kier molecular flexibility index (Phi) is 6.63. The van der Waals surface area contributed by atoms with E-state index in [0.717, 1.165) is 0 Å². The number of terminal acetylenes is 1. The zero-order valence-corrected chi connectivity index (χ0v) is 7.86. The molecule has 4 heteroatoms. The number of hydrogen-bond donors (Lipinski definition) is 2. The number of carbonyl (C=O) groups excluding carboxylic acids is 1. The second kappa shape index (κ2) is 7.01. The van der Waals surface area contributed by atoms with Crippen molar-refractivity contribution in [1.82, 2.24) is 5.32 Å². The first kappa shape index (κ1) is 11.3. The Bertz CT molecular complexity index is 176. The summed E-state index contributed by atoms with van der Waals surface area (Å²) < 4.78 is 0. The van der Waals surface area contributed by atoms with Crippen molar-refractivity contribution in [3.8, 4) is 12.3 Å². The number of aliphatic hydroxyl groups is 1. The molecule has 0 aliphatic rings. The van der Waals surface area contributed by atoms with Gasteiger partial charge >= 0.3 is 0 Å². The van der Waals surface area contributed by atoms with E-state index in [1.54, 1.807) is 0 Å². The Morgan fingerprint density at radius 2 is 2.50 bits per heavy atom. The first-order valence-corrected chi connectivity index (χ1v) is 4.68. The number of aliphatic hydroxyl groups excluding tert-OH is 1. The Balaban J connectivity index is 3.38. The third-order valence-corrected chi connectivity index (χ3v) is 2.29. The Morgan fingerprint density at radius 1 is 1.83 bits per heavy atom. The maximum Gasteiger partial charge on any atom is 0.230 e. The van der Waals surface area contributed by atoms with Crippen LogP contribution in [0.2, 0.25) is 0 Å². The molecule has 0 saturated heterocycles. The van der Waals surface area contributed by atoms with E-state index in [1.165, 1.54) is 11.8 Å². The highest BCUT2D eigenvalue weighted by Gasteiger charge is 2.04. The van der Waals surface area contributed by atoms with E-state index in [2.05, 4.69) is 11.2 Å². The molecule has 0 saturated carbocycles. The summed E-state index contributed by atoms with van der Waals surface area (Å²) in [6.45, 7) is 2.22. The van der Waals surface area contributed by atoms with Crippen LogP contribution in [0.15, 0.2) is 0 Å². The van der Waals surface area contributed by atoms with E-state index in [0.29, 0.717) is 5.75 Å². The van der Waals surface area contributed by atoms with Crippen LogP contribution in [0.5, 0.6) is 0 Å². The van der Waals surface area contributed by atoms with Crippen LogP contribution in [0.3, 0.4) is 0 Å². The second-order valence-electron chi connectivity index (χ2n) is 2.29. The van der Waals surface area contributed by atoms with Crippen molar-refractivity contribution in [2.75, 3.05) is 18.9 Å². The van der Waals surface area contributed by atoms with Gasteiger partial charge in [-0.1, -0.05) is 12.8 Å². The van der Waals surface area contributed by atoms with Crippen molar-refractivity contribution in [3.05, 3.63) is 0 Å². The van der Waals surface area contributed by atoms with Crippen LogP contribution in [0.4, 0.5) is 0 Å². The van der Waals surface area contributed by atoms with E-state index in [-0.39, 0.29) is 24.3 Å². The van der Waals surface area contributed by atoms with Crippen LogP contribution in [0, 0.1) is 12.3 Å². The Morgan fingerprint density at radius 3 is 3.00 bits per heavy atom. The molecular weight excluding hydrogens is 174 g/mol. The molecule has 0 bridgehead atoms. The lowest BCUT2D eigenvalue weighted by atomic mass is 10.5. The summed E-state index contributed by atoms with van der Waals surface area (Å²) in [5, 5.41) is 11.3. The molecule has 68 valence electrons. The zero-order chi connectivity index (χ0) is 9.40. The maximum absolute atomic E-state index is 10.9. The molecule has 0 aromatic rings. The molecule has 0 rings (SSSR count). The molecule has 0 aromatic heterocycles. The van der Waals surface area contributed by atoms with Gasteiger partial charge in [0.25, 0.3) is 0 Å². The molecule has 0 aromatic carbocycles. The molecule has 0 fully saturated rings. The van der Waals surface area contributed by atoms with Gasteiger partial charge in [-0.25, -0.2) is 0 Å². The molecule has 1 atom stereocenters. The normalized spacial score (nSPS) is 11.8. The van der Waals surface area contributed by atoms with Crippen LogP contribution in [-0.2, 0) is 4.79 Å². The summed E-state index contributed by atoms with van der Waals surface area (Å²) in [6, 6.07) is 0. The summed E-state index contributed by atoms with van der Waals surface area (Å²) >= 11 is 1.40. The van der Waals surface area contributed by atoms with Gasteiger partial charge in [0.05, 0.1) is 18.9 Å². The largest absolute Gasteiger partial charge is 0.395 e. The lowest BCUT2D eigenvalue weighted by Crippen LogP contribution is -2.26. The minimum atomic E-state index is -0.0850. The van der Waals surface area contributed by atoms with Crippen LogP contribution in [0.25, 0.3) is 0 Å². The van der Waals surface area contributed by atoms with E-state index in [9.17, 15) is 4.79 Å². The van der Waals surface area contributed by atoms with E-state index < -0.39 is 0 Å². The number of carbonyl (C=O) groups is 1. The van der Waals surface area contributed by atoms with Crippen LogP contribution in [0.1, 0.15) is 6.92 Å². The minimum Gasteiger partial charge on any atom is -0.395 e. The molecule has 0 aliphatic heterocycles. The maximum atomic E-state index is 10.9. The number of rotatable bonds is 5. The van der Waals surface area contributed by atoms with Crippen LogP contribution in [-0.4, -0.2) is 35.2 Å². The highest BCUT2D eigenvalue weighted by atomic mass is 32.2. The molecule has 0 heterocycles. The fraction of sp³-hybridized carbons (Fsp3) is 0.625. The highest BCUT2D eigenvalue weighted by molar-refractivity contribution is 8.00. The van der Waals surface area contributed by atoms with Crippen molar-refractivity contribution in [2.24, 2.45) is 0 Å². The van der Waals surface area contributed by atoms with E-state index in [1.807, 2.05) is 6.92 Å². The van der Waals surface area contributed by atoms with Gasteiger partial charge in [-0.3, -0.25) is 4.79 Å². The average Bonchev–Trinajstić information content (AvgIpc) is 2.10. The molecule has 1 unspecified atom stereocenters. The first-order valence-electron chi connectivity index (χ1n) is 3.63. The lowest BCUT2D eigenvalue weighted by molar-refractivity contribution is -0.118. The molecule has 0 radical (unpaired) electrons. The predicted molar refractivity (Wildman–Crippen MR) is 50.8 cm³/mol. The van der Waals surface area contributed by atoms with Gasteiger partial charge in [0.2, 0.25) is 5.91 Å². The zero-order valence-electron chi connectivity index (χ0n) is 7.04. The van der Waals surface area contributed by atoms with Crippen molar-refractivity contribution in [3.63, 3.8) is 0 Å². The minimum absolute atomic E-state index is 0.0850. The molecule has 3 nitrogen and oxygen atoms in total. The highest BCUT2D eigenvalue weighted by Crippen LogP contribution is 2.07. The Labute approximate surface area is 76.9 Å². The van der Waals surface area contributed by atoms with Gasteiger partial charge in [-0.2, -0.15) is 0 Å². The summed E-state index contributed by atoms with van der Waals surface area (Å²) in [5.74, 6) is 2.58. The van der Waals surface area contributed by atoms with Gasteiger partial charge in [0, 0.05) is 5.25 Å². The summed E-state index contributed by atoms with van der Waals surface area (Å²) in [4.78, 5) is 10.9. The van der Waals surface area contributed by atoms with E-state index in [4.69, 9.17) is 11.5 Å². The molecular formula is C8H13NO2S. The summed E-state index contributed by atoms with van der Waals surface area (Å²) in [7, 11) is 0. The average molecular weight is 187 g/mol. The quantitative estimate of drug-likeness (QED) is 0.588. The standard InChI is InChI=1S/C8H13NO2S/c1-3-4-9-8(11)6-12-7(2)5-10/h1,7,10H,4-6H2,2H3,(H,9,11). The summed E-state index contributed by atoms with van der Waals surface area (Å²) in [6.07, 6.45) is 4.95. The predicted octanol–water partition coefficient (Wildman–Crippen LogP) is -0.150. The van der Waals surface area contributed by atoms with Gasteiger partial charge in [-0.15, -0.1) is 18.2 Å². The third-order valence-electron chi connectivity index (χ3n) is 1.14. The van der Waals surface area contributed by atoms with Crippen molar-refractivity contribution in [2.45, 2.75) is 12.2 Å². The monoisotopic (exact) mass is 187 g/mol. The smallest absolute Gasteiger partial charge is 0.230 e. The second-order valence-corrected chi connectivity index (χ2v) is 3.71. The van der Waals surface area contributed by atoms with Gasteiger partial charge in [-0.05, 0) is 0 Å². The molecule has 0 spiro atoms. The fourth-order valence-electron chi connectivity index (χ4n) is 0.471. The molecule has 12 heavy (non-hydrogen) atoms. The van der Waals surface area contributed by atoms with E-state index >= 15 is 0 Å².